The van der Waals surface area contributed by atoms with Gasteiger partial charge in [0, 0.05) is 12.1 Å². The molecule has 0 spiro atoms. The maximum Gasteiger partial charge on any atom is 0.228 e. The van der Waals surface area contributed by atoms with Crippen molar-refractivity contribution in [1.29, 1.82) is 0 Å². The van der Waals surface area contributed by atoms with Crippen LogP contribution in [-0.2, 0) is 11.2 Å². The van der Waals surface area contributed by atoms with Crippen molar-refractivity contribution >= 4 is 5.91 Å². The number of benzene rings is 2. The lowest BCUT2D eigenvalue weighted by Crippen LogP contribution is -2.42. The van der Waals surface area contributed by atoms with Gasteiger partial charge >= 0.3 is 0 Å². The van der Waals surface area contributed by atoms with Crippen LogP contribution in [0.2, 0.25) is 0 Å². The first-order valence-corrected chi connectivity index (χ1v) is 9.37. The minimum absolute atomic E-state index is 0.209. The maximum atomic E-state index is 13.4. The number of nitrogens with two attached hydrogens (primary N) is 1. The molecule has 0 aromatic heterocycles. The molecule has 2 aliphatic carbocycles. The summed E-state index contributed by atoms with van der Waals surface area (Å²) in [5.41, 5.74) is 10.2. The molecule has 0 saturated heterocycles. The molecule has 0 bridgehead atoms. The number of carbonyl (C=O) groups excluding carboxylic acids is 1. The molecule has 1 amide bonds. The van der Waals surface area contributed by atoms with Gasteiger partial charge < -0.3 is 10.6 Å². The zero-order valence-electron chi connectivity index (χ0n) is 14.8. The van der Waals surface area contributed by atoms with E-state index in [9.17, 15) is 4.79 Å². The Hall–Kier alpha value is -2.13. The molecule has 3 nitrogen and oxygen atoms in total. The van der Waals surface area contributed by atoms with Crippen molar-refractivity contribution in [3.63, 3.8) is 0 Å². The topological polar surface area (TPSA) is 46.3 Å². The SMILES string of the molecule is CC(C(=O)N(C1CC1)C1CCc2ccccc21)C(N)c1ccccc1. The number of hydrogen-bond donors (Lipinski definition) is 1. The molecule has 0 aliphatic heterocycles. The standard InChI is InChI=1S/C22H26N2O/c1-15(21(23)17-8-3-2-4-9-17)22(25)24(18-12-13-18)20-14-11-16-7-5-6-10-19(16)20/h2-10,15,18,20-21H,11-14,23H2,1H3. The van der Waals surface area contributed by atoms with Gasteiger partial charge in [0.25, 0.3) is 0 Å². The minimum Gasteiger partial charge on any atom is -0.332 e. The van der Waals surface area contributed by atoms with Gasteiger partial charge in [0.05, 0.1) is 12.0 Å². The lowest BCUT2D eigenvalue weighted by Gasteiger charge is -2.34. The van der Waals surface area contributed by atoms with Crippen LogP contribution in [0.15, 0.2) is 54.6 Å². The zero-order chi connectivity index (χ0) is 17.4. The van der Waals surface area contributed by atoms with Crippen molar-refractivity contribution in [2.45, 2.75) is 50.7 Å². The van der Waals surface area contributed by atoms with Crippen LogP contribution in [0.1, 0.15) is 55.0 Å². The lowest BCUT2D eigenvalue weighted by molar-refractivity contribution is -0.139. The number of rotatable bonds is 5. The second kappa shape index (κ2) is 6.64. The first kappa shape index (κ1) is 16.3. The van der Waals surface area contributed by atoms with Gasteiger partial charge in [-0.2, -0.15) is 0 Å². The monoisotopic (exact) mass is 334 g/mol. The summed E-state index contributed by atoms with van der Waals surface area (Å²) in [4.78, 5) is 15.5. The highest BCUT2D eigenvalue weighted by molar-refractivity contribution is 5.81. The summed E-state index contributed by atoms with van der Waals surface area (Å²) in [5, 5.41) is 0. The van der Waals surface area contributed by atoms with Crippen molar-refractivity contribution in [3.05, 3.63) is 71.3 Å². The van der Waals surface area contributed by atoms with Crippen LogP contribution in [0.25, 0.3) is 0 Å². The minimum atomic E-state index is -0.258. The third kappa shape index (κ3) is 3.09. The number of carbonyl (C=O) groups is 1. The Balaban J connectivity index is 1.58. The highest BCUT2D eigenvalue weighted by Crippen LogP contribution is 2.43. The molecule has 130 valence electrons. The van der Waals surface area contributed by atoms with Gasteiger partial charge in [0.15, 0.2) is 0 Å². The second-order valence-corrected chi connectivity index (χ2v) is 7.46. The quantitative estimate of drug-likeness (QED) is 0.898. The van der Waals surface area contributed by atoms with E-state index < -0.39 is 0 Å². The molecule has 2 aromatic rings. The first-order chi connectivity index (χ1) is 12.2. The summed E-state index contributed by atoms with van der Waals surface area (Å²) < 4.78 is 0. The number of aryl methyl sites for hydroxylation is 1. The van der Waals surface area contributed by atoms with Gasteiger partial charge in [-0.1, -0.05) is 61.5 Å². The molecular weight excluding hydrogens is 308 g/mol. The average molecular weight is 334 g/mol. The summed E-state index contributed by atoms with van der Waals surface area (Å²) in [6.07, 6.45) is 4.35. The summed E-state index contributed by atoms with van der Waals surface area (Å²) >= 11 is 0. The smallest absolute Gasteiger partial charge is 0.228 e. The van der Waals surface area contributed by atoms with Crippen LogP contribution in [0.3, 0.4) is 0 Å². The Bertz CT molecular complexity index is 754. The number of hydrogen-bond acceptors (Lipinski definition) is 2. The normalized spacial score (nSPS) is 21.4. The van der Waals surface area contributed by atoms with Crippen molar-refractivity contribution < 1.29 is 4.79 Å². The summed E-state index contributed by atoms with van der Waals surface area (Å²) in [7, 11) is 0. The lowest BCUT2D eigenvalue weighted by atomic mass is 9.93. The Morgan fingerprint density at radius 2 is 1.72 bits per heavy atom. The Kier molecular flexibility index (Phi) is 4.34. The van der Waals surface area contributed by atoms with Gasteiger partial charge in [0.1, 0.15) is 0 Å². The van der Waals surface area contributed by atoms with E-state index in [2.05, 4.69) is 29.2 Å². The number of fused-ring (bicyclic) bond motifs is 1. The predicted molar refractivity (Wildman–Crippen MR) is 99.9 cm³/mol. The van der Waals surface area contributed by atoms with E-state index in [1.165, 1.54) is 11.1 Å². The van der Waals surface area contributed by atoms with Gasteiger partial charge in [-0.15, -0.1) is 0 Å². The summed E-state index contributed by atoms with van der Waals surface area (Å²) in [5.74, 6) is -0.00341. The number of amides is 1. The van der Waals surface area contributed by atoms with Gasteiger partial charge in [-0.3, -0.25) is 4.79 Å². The summed E-state index contributed by atoms with van der Waals surface area (Å²) in [6.45, 7) is 1.98. The molecule has 3 atom stereocenters. The fourth-order valence-electron chi connectivity index (χ4n) is 4.12. The third-order valence-corrected chi connectivity index (χ3v) is 5.74. The van der Waals surface area contributed by atoms with Gasteiger partial charge in [-0.25, -0.2) is 0 Å². The zero-order valence-corrected chi connectivity index (χ0v) is 14.8. The van der Waals surface area contributed by atoms with Crippen molar-refractivity contribution in [2.75, 3.05) is 0 Å². The molecule has 1 fully saturated rings. The van der Waals surface area contributed by atoms with Crippen LogP contribution in [-0.4, -0.2) is 16.8 Å². The van der Waals surface area contributed by atoms with E-state index in [1.54, 1.807) is 0 Å². The molecule has 2 N–H and O–H groups in total. The van der Waals surface area contributed by atoms with Crippen LogP contribution < -0.4 is 5.73 Å². The van der Waals surface area contributed by atoms with E-state index >= 15 is 0 Å². The van der Waals surface area contributed by atoms with Gasteiger partial charge in [-0.05, 0) is 42.4 Å². The molecule has 2 aliphatic rings. The maximum absolute atomic E-state index is 13.4. The van der Waals surface area contributed by atoms with Crippen molar-refractivity contribution in [1.82, 2.24) is 4.90 Å². The van der Waals surface area contributed by atoms with Gasteiger partial charge in [0.2, 0.25) is 5.91 Å². The Labute approximate surface area is 149 Å². The van der Waals surface area contributed by atoms with E-state index in [1.807, 2.05) is 37.3 Å². The highest BCUT2D eigenvalue weighted by Gasteiger charge is 2.42. The Morgan fingerprint density at radius 3 is 2.44 bits per heavy atom. The predicted octanol–water partition coefficient (Wildman–Crippen LogP) is 4.00. The molecule has 3 unspecified atom stereocenters. The van der Waals surface area contributed by atoms with E-state index in [0.29, 0.717) is 6.04 Å². The van der Waals surface area contributed by atoms with E-state index in [4.69, 9.17) is 5.73 Å². The Morgan fingerprint density at radius 1 is 1.04 bits per heavy atom. The molecule has 4 rings (SSSR count). The molecule has 25 heavy (non-hydrogen) atoms. The first-order valence-electron chi connectivity index (χ1n) is 9.37. The summed E-state index contributed by atoms with van der Waals surface area (Å²) in [6, 6.07) is 18.9. The highest BCUT2D eigenvalue weighted by atomic mass is 16.2. The van der Waals surface area contributed by atoms with E-state index in [-0.39, 0.29) is 23.9 Å². The molecule has 3 heteroatoms. The largest absolute Gasteiger partial charge is 0.332 e. The van der Waals surface area contributed by atoms with Crippen LogP contribution in [0, 0.1) is 5.92 Å². The average Bonchev–Trinajstić information content (AvgIpc) is 3.41. The van der Waals surface area contributed by atoms with Crippen molar-refractivity contribution in [2.24, 2.45) is 11.7 Å². The van der Waals surface area contributed by atoms with Crippen molar-refractivity contribution in [3.8, 4) is 0 Å². The third-order valence-electron chi connectivity index (χ3n) is 5.74. The fourth-order valence-corrected chi connectivity index (χ4v) is 4.12. The molecular formula is C22H26N2O. The fraction of sp³-hybridized carbons (Fsp3) is 0.409. The van der Waals surface area contributed by atoms with Crippen LogP contribution in [0.5, 0.6) is 0 Å². The molecule has 0 heterocycles. The second-order valence-electron chi connectivity index (χ2n) is 7.46. The molecule has 1 saturated carbocycles. The van der Waals surface area contributed by atoms with E-state index in [0.717, 1.165) is 31.2 Å². The molecule has 0 radical (unpaired) electrons. The van der Waals surface area contributed by atoms with Crippen LogP contribution in [0.4, 0.5) is 0 Å². The van der Waals surface area contributed by atoms with Crippen LogP contribution >= 0.6 is 0 Å². The number of nitrogens with zero attached hydrogens (tertiary/aromatic N) is 1. The molecule has 2 aromatic carbocycles.